The molecule has 2 rings (SSSR count). The molecule has 0 radical (unpaired) electrons. The number of benzene rings is 1. The Hall–Kier alpha value is -1.26. The largest absolute Gasteiger partial charge is 0.480 e. The maximum Gasteiger partial charge on any atom is 0.263 e. The molecule has 0 spiro atoms. The molecule has 1 aromatic carbocycles. The van der Waals surface area contributed by atoms with Crippen molar-refractivity contribution in [3.8, 4) is 5.75 Å². The topological polar surface area (TPSA) is 41.6 Å². The zero-order valence-electron chi connectivity index (χ0n) is 12.8. The zero-order chi connectivity index (χ0) is 14.4. The maximum atomic E-state index is 12.6. The Morgan fingerprint density at radius 1 is 1.33 bits per heavy atom. The van der Waals surface area contributed by atoms with E-state index in [1.807, 2.05) is 43.0 Å². The summed E-state index contributed by atoms with van der Waals surface area (Å²) in [5.41, 5.74) is 1.07. The molecule has 1 aliphatic rings. The van der Waals surface area contributed by atoms with Crippen LogP contribution in [0.5, 0.6) is 5.75 Å². The summed E-state index contributed by atoms with van der Waals surface area (Å²) in [5, 5.41) is 3.31. The van der Waals surface area contributed by atoms with Crippen molar-refractivity contribution in [2.75, 3.05) is 26.2 Å². The number of para-hydroxylation sites is 1. The molecule has 0 bridgehead atoms. The molecule has 1 aliphatic heterocycles. The normalized spacial score (nSPS) is 16.6. The van der Waals surface area contributed by atoms with Crippen molar-refractivity contribution >= 4 is 18.3 Å². The van der Waals surface area contributed by atoms with Crippen LogP contribution in [0.1, 0.15) is 25.3 Å². The van der Waals surface area contributed by atoms with Crippen molar-refractivity contribution in [2.24, 2.45) is 0 Å². The smallest absolute Gasteiger partial charge is 0.263 e. The van der Waals surface area contributed by atoms with Gasteiger partial charge in [-0.15, -0.1) is 12.4 Å². The summed E-state index contributed by atoms with van der Waals surface area (Å²) < 4.78 is 5.94. The number of nitrogens with zero attached hydrogens (tertiary/aromatic N) is 1. The van der Waals surface area contributed by atoms with E-state index in [4.69, 9.17) is 4.74 Å². The Kier molecular flexibility index (Phi) is 7.54. The van der Waals surface area contributed by atoms with E-state index in [9.17, 15) is 4.79 Å². The number of rotatable bonds is 4. The number of halogens is 1. The average molecular weight is 313 g/mol. The Morgan fingerprint density at radius 2 is 2.10 bits per heavy atom. The minimum Gasteiger partial charge on any atom is -0.480 e. The Labute approximate surface area is 133 Å². The van der Waals surface area contributed by atoms with Crippen LogP contribution in [-0.2, 0) is 4.79 Å². The van der Waals surface area contributed by atoms with E-state index < -0.39 is 0 Å². The average Bonchev–Trinajstić information content (AvgIpc) is 2.75. The standard InChI is InChI=1S/C16H24N2O2.ClH/c1-3-14(20-15-8-5-4-7-13(15)2)16(19)18-11-6-9-17-10-12-18;/h4-5,7-8,14,17H,3,6,9-12H2,1-2H3;1H. The van der Waals surface area contributed by atoms with Gasteiger partial charge in [0.2, 0.25) is 0 Å². The van der Waals surface area contributed by atoms with Gasteiger partial charge in [-0.1, -0.05) is 25.1 Å². The lowest BCUT2D eigenvalue weighted by Crippen LogP contribution is -2.43. The lowest BCUT2D eigenvalue weighted by atomic mass is 10.2. The first-order valence-corrected chi connectivity index (χ1v) is 7.44. The predicted octanol–water partition coefficient (Wildman–Crippen LogP) is 2.40. The number of ether oxygens (including phenoxy) is 1. The van der Waals surface area contributed by atoms with Crippen LogP contribution in [0, 0.1) is 6.92 Å². The molecule has 5 heteroatoms. The highest BCUT2D eigenvalue weighted by atomic mass is 35.5. The summed E-state index contributed by atoms with van der Waals surface area (Å²) in [4.78, 5) is 14.5. The lowest BCUT2D eigenvalue weighted by Gasteiger charge is -2.26. The van der Waals surface area contributed by atoms with E-state index in [2.05, 4.69) is 5.32 Å². The molecule has 1 atom stereocenters. The molecule has 1 heterocycles. The third-order valence-corrected chi connectivity index (χ3v) is 3.66. The molecule has 1 N–H and O–H groups in total. The number of hydrogen-bond donors (Lipinski definition) is 1. The minimum atomic E-state index is -0.380. The summed E-state index contributed by atoms with van der Waals surface area (Å²) in [6.45, 7) is 7.44. The van der Waals surface area contributed by atoms with E-state index in [0.717, 1.165) is 43.9 Å². The number of carbonyl (C=O) groups excluding carboxylic acids is 1. The summed E-state index contributed by atoms with van der Waals surface area (Å²) in [7, 11) is 0. The summed E-state index contributed by atoms with van der Waals surface area (Å²) in [6, 6.07) is 7.85. The fourth-order valence-corrected chi connectivity index (χ4v) is 2.42. The van der Waals surface area contributed by atoms with Crippen molar-refractivity contribution in [2.45, 2.75) is 32.8 Å². The van der Waals surface area contributed by atoms with Crippen LogP contribution >= 0.6 is 12.4 Å². The van der Waals surface area contributed by atoms with Gasteiger partial charge in [-0.3, -0.25) is 4.79 Å². The van der Waals surface area contributed by atoms with Crippen LogP contribution in [-0.4, -0.2) is 43.1 Å². The molecule has 4 nitrogen and oxygen atoms in total. The molecule has 118 valence electrons. The van der Waals surface area contributed by atoms with Crippen LogP contribution in [0.4, 0.5) is 0 Å². The second-order valence-corrected chi connectivity index (χ2v) is 5.21. The van der Waals surface area contributed by atoms with Gasteiger partial charge < -0.3 is 15.0 Å². The van der Waals surface area contributed by atoms with Gasteiger partial charge in [0.25, 0.3) is 5.91 Å². The number of nitrogens with one attached hydrogen (secondary N) is 1. The van der Waals surface area contributed by atoms with Crippen molar-refractivity contribution in [3.63, 3.8) is 0 Å². The highest BCUT2D eigenvalue weighted by molar-refractivity contribution is 5.85. The maximum absolute atomic E-state index is 12.6. The van der Waals surface area contributed by atoms with Gasteiger partial charge in [0.05, 0.1) is 0 Å². The first-order chi connectivity index (χ1) is 9.72. The van der Waals surface area contributed by atoms with E-state index in [0.29, 0.717) is 6.42 Å². The number of hydrogen-bond acceptors (Lipinski definition) is 3. The lowest BCUT2D eigenvalue weighted by molar-refractivity contribution is -0.138. The number of carbonyl (C=O) groups is 1. The highest BCUT2D eigenvalue weighted by Gasteiger charge is 2.25. The third kappa shape index (κ3) is 4.90. The van der Waals surface area contributed by atoms with Gasteiger partial charge in [0, 0.05) is 19.6 Å². The van der Waals surface area contributed by atoms with E-state index in [1.54, 1.807) is 0 Å². The summed E-state index contributed by atoms with van der Waals surface area (Å²) in [6.07, 6.45) is 1.32. The third-order valence-electron chi connectivity index (χ3n) is 3.66. The Bertz CT molecular complexity index is 446. The Morgan fingerprint density at radius 3 is 2.81 bits per heavy atom. The second-order valence-electron chi connectivity index (χ2n) is 5.21. The molecule has 1 amide bonds. The molecule has 1 aromatic rings. The van der Waals surface area contributed by atoms with Crippen LogP contribution in [0.2, 0.25) is 0 Å². The van der Waals surface area contributed by atoms with Crippen LogP contribution in [0.15, 0.2) is 24.3 Å². The fraction of sp³-hybridized carbons (Fsp3) is 0.562. The zero-order valence-corrected chi connectivity index (χ0v) is 13.6. The molecule has 21 heavy (non-hydrogen) atoms. The van der Waals surface area contributed by atoms with Gasteiger partial charge in [-0.2, -0.15) is 0 Å². The number of amides is 1. The van der Waals surface area contributed by atoms with E-state index >= 15 is 0 Å². The molecular formula is C16H25ClN2O2. The van der Waals surface area contributed by atoms with Gasteiger partial charge in [-0.25, -0.2) is 0 Å². The Balaban J connectivity index is 0.00000220. The van der Waals surface area contributed by atoms with Crippen molar-refractivity contribution in [3.05, 3.63) is 29.8 Å². The first-order valence-electron chi connectivity index (χ1n) is 7.44. The molecular weight excluding hydrogens is 288 g/mol. The molecule has 1 saturated heterocycles. The van der Waals surface area contributed by atoms with Crippen molar-refractivity contribution < 1.29 is 9.53 Å². The van der Waals surface area contributed by atoms with Gasteiger partial charge in [0.1, 0.15) is 5.75 Å². The van der Waals surface area contributed by atoms with Gasteiger partial charge in [-0.05, 0) is 37.9 Å². The quantitative estimate of drug-likeness (QED) is 0.928. The molecule has 1 fully saturated rings. The molecule has 0 aliphatic carbocycles. The van der Waals surface area contributed by atoms with Crippen molar-refractivity contribution in [1.29, 1.82) is 0 Å². The van der Waals surface area contributed by atoms with Gasteiger partial charge >= 0.3 is 0 Å². The van der Waals surface area contributed by atoms with Crippen LogP contribution in [0.25, 0.3) is 0 Å². The summed E-state index contributed by atoms with van der Waals surface area (Å²) in [5.74, 6) is 0.917. The molecule has 0 aromatic heterocycles. The summed E-state index contributed by atoms with van der Waals surface area (Å²) >= 11 is 0. The first kappa shape index (κ1) is 17.8. The second kappa shape index (κ2) is 8.90. The minimum absolute atomic E-state index is 0. The van der Waals surface area contributed by atoms with E-state index in [-0.39, 0.29) is 24.4 Å². The molecule has 1 unspecified atom stereocenters. The highest BCUT2D eigenvalue weighted by Crippen LogP contribution is 2.19. The van der Waals surface area contributed by atoms with Crippen molar-refractivity contribution in [1.82, 2.24) is 10.2 Å². The number of aryl methyl sites for hydroxylation is 1. The SMILES string of the molecule is CCC(Oc1ccccc1C)C(=O)N1CCCNCC1.Cl. The predicted molar refractivity (Wildman–Crippen MR) is 87.2 cm³/mol. The van der Waals surface area contributed by atoms with Crippen LogP contribution in [0.3, 0.4) is 0 Å². The van der Waals surface area contributed by atoms with Gasteiger partial charge in [0.15, 0.2) is 6.10 Å². The monoisotopic (exact) mass is 312 g/mol. The van der Waals surface area contributed by atoms with E-state index in [1.165, 1.54) is 0 Å². The van der Waals surface area contributed by atoms with Crippen LogP contribution < -0.4 is 10.1 Å². The molecule has 0 saturated carbocycles. The fourth-order valence-electron chi connectivity index (χ4n) is 2.42.